The third kappa shape index (κ3) is 2.83. The molecular formula is C12H16ClNO3. The largest absolute Gasteiger partial charge is 0.493 e. The molecule has 17 heavy (non-hydrogen) atoms. The quantitative estimate of drug-likeness (QED) is 0.845. The van der Waals surface area contributed by atoms with Crippen LogP contribution in [0.4, 0.5) is 0 Å². The second-order valence-corrected chi connectivity index (χ2v) is 4.57. The van der Waals surface area contributed by atoms with Crippen molar-refractivity contribution in [3.63, 3.8) is 0 Å². The summed E-state index contributed by atoms with van der Waals surface area (Å²) in [6.45, 7) is -0.162. The molecule has 0 aromatic heterocycles. The monoisotopic (exact) mass is 257 g/mol. The summed E-state index contributed by atoms with van der Waals surface area (Å²) in [5.41, 5.74) is 6.52. The summed E-state index contributed by atoms with van der Waals surface area (Å²) in [6.07, 6.45) is 2.31. The first-order valence-electron chi connectivity index (χ1n) is 5.56. The summed E-state index contributed by atoms with van der Waals surface area (Å²) in [7, 11) is 1.56. The van der Waals surface area contributed by atoms with E-state index in [-0.39, 0.29) is 12.7 Å². The van der Waals surface area contributed by atoms with Gasteiger partial charge in [0.25, 0.3) is 0 Å². The minimum atomic E-state index is -0.517. The Kier molecular flexibility index (Phi) is 3.76. The molecule has 0 bridgehead atoms. The van der Waals surface area contributed by atoms with Crippen LogP contribution in [-0.4, -0.2) is 24.9 Å². The molecule has 2 rings (SSSR count). The van der Waals surface area contributed by atoms with Crippen LogP contribution in [0.1, 0.15) is 24.4 Å². The Morgan fingerprint density at radius 1 is 1.53 bits per heavy atom. The van der Waals surface area contributed by atoms with E-state index in [1.165, 1.54) is 0 Å². The molecule has 0 spiro atoms. The van der Waals surface area contributed by atoms with Gasteiger partial charge >= 0.3 is 0 Å². The van der Waals surface area contributed by atoms with E-state index in [1.807, 2.05) is 0 Å². The van der Waals surface area contributed by atoms with Gasteiger partial charge in [0.15, 0.2) is 11.5 Å². The summed E-state index contributed by atoms with van der Waals surface area (Å²) in [5.74, 6) is 1.16. The zero-order valence-corrected chi connectivity index (χ0v) is 10.4. The van der Waals surface area contributed by atoms with Crippen LogP contribution in [-0.2, 0) is 0 Å². The Morgan fingerprint density at radius 3 is 2.76 bits per heavy atom. The Balaban J connectivity index is 2.40. The SMILES string of the molecule is COc1cc(Cl)cc(C(N)CO)c1OC1CC1. The number of aliphatic hydroxyl groups excluding tert-OH is 1. The van der Waals surface area contributed by atoms with Gasteiger partial charge in [-0.05, 0) is 18.9 Å². The second-order valence-electron chi connectivity index (χ2n) is 4.13. The molecule has 0 amide bonds. The number of methoxy groups -OCH3 is 1. The van der Waals surface area contributed by atoms with Gasteiger partial charge in [0.1, 0.15) is 0 Å². The van der Waals surface area contributed by atoms with Crippen molar-refractivity contribution in [2.75, 3.05) is 13.7 Å². The molecule has 1 fully saturated rings. The van der Waals surface area contributed by atoms with Gasteiger partial charge < -0.3 is 20.3 Å². The minimum absolute atomic E-state index is 0.162. The highest BCUT2D eigenvalue weighted by Gasteiger charge is 2.27. The first kappa shape index (κ1) is 12.5. The molecule has 0 radical (unpaired) electrons. The summed E-state index contributed by atoms with van der Waals surface area (Å²) < 4.78 is 11.0. The fourth-order valence-corrected chi connectivity index (χ4v) is 1.81. The Labute approximate surface area is 105 Å². The van der Waals surface area contributed by atoms with Gasteiger partial charge in [-0.15, -0.1) is 0 Å². The van der Waals surface area contributed by atoms with Crippen LogP contribution in [0.15, 0.2) is 12.1 Å². The molecule has 1 atom stereocenters. The average Bonchev–Trinajstić information content (AvgIpc) is 3.13. The van der Waals surface area contributed by atoms with Crippen LogP contribution in [0.3, 0.4) is 0 Å². The molecule has 4 nitrogen and oxygen atoms in total. The van der Waals surface area contributed by atoms with E-state index >= 15 is 0 Å². The highest BCUT2D eigenvalue weighted by Crippen LogP contribution is 2.40. The van der Waals surface area contributed by atoms with Gasteiger partial charge in [0.05, 0.1) is 25.9 Å². The lowest BCUT2D eigenvalue weighted by molar-refractivity contribution is 0.251. The maximum atomic E-state index is 9.15. The Bertz CT molecular complexity index is 407. The lowest BCUT2D eigenvalue weighted by atomic mass is 10.1. The van der Waals surface area contributed by atoms with E-state index in [1.54, 1.807) is 19.2 Å². The van der Waals surface area contributed by atoms with Crippen molar-refractivity contribution in [3.8, 4) is 11.5 Å². The molecule has 1 unspecified atom stereocenters. The molecule has 3 N–H and O–H groups in total. The van der Waals surface area contributed by atoms with E-state index < -0.39 is 6.04 Å². The van der Waals surface area contributed by atoms with Crippen LogP contribution in [0.2, 0.25) is 5.02 Å². The lowest BCUT2D eigenvalue weighted by Gasteiger charge is -2.18. The van der Waals surface area contributed by atoms with Crippen molar-refractivity contribution in [2.24, 2.45) is 5.73 Å². The maximum absolute atomic E-state index is 9.15. The van der Waals surface area contributed by atoms with Gasteiger partial charge in [-0.25, -0.2) is 0 Å². The molecule has 1 aliphatic rings. The lowest BCUT2D eigenvalue weighted by Crippen LogP contribution is -2.16. The summed E-state index contributed by atoms with van der Waals surface area (Å²) in [5, 5.41) is 9.67. The molecule has 1 saturated carbocycles. The third-order valence-corrected chi connectivity index (χ3v) is 2.89. The van der Waals surface area contributed by atoms with Crippen LogP contribution in [0.25, 0.3) is 0 Å². The van der Waals surface area contributed by atoms with E-state index in [4.69, 9.17) is 31.9 Å². The molecule has 1 aromatic carbocycles. The van der Waals surface area contributed by atoms with Crippen LogP contribution in [0, 0.1) is 0 Å². The molecule has 0 heterocycles. The predicted octanol–water partition coefficient (Wildman–Crippen LogP) is 1.88. The van der Waals surface area contributed by atoms with Crippen molar-refractivity contribution in [1.82, 2.24) is 0 Å². The van der Waals surface area contributed by atoms with E-state index in [0.717, 1.165) is 12.8 Å². The minimum Gasteiger partial charge on any atom is -0.493 e. The zero-order valence-electron chi connectivity index (χ0n) is 9.65. The van der Waals surface area contributed by atoms with Crippen molar-refractivity contribution in [2.45, 2.75) is 25.0 Å². The molecule has 94 valence electrons. The topological polar surface area (TPSA) is 64.7 Å². The van der Waals surface area contributed by atoms with Gasteiger partial charge in [-0.1, -0.05) is 11.6 Å². The van der Waals surface area contributed by atoms with E-state index in [2.05, 4.69) is 0 Å². The zero-order chi connectivity index (χ0) is 12.4. The van der Waals surface area contributed by atoms with Crippen LogP contribution < -0.4 is 15.2 Å². The van der Waals surface area contributed by atoms with Crippen LogP contribution >= 0.6 is 11.6 Å². The predicted molar refractivity (Wildman–Crippen MR) is 65.7 cm³/mol. The molecule has 0 saturated heterocycles. The summed E-state index contributed by atoms with van der Waals surface area (Å²) in [6, 6.07) is 2.88. The first-order valence-corrected chi connectivity index (χ1v) is 5.94. The first-order chi connectivity index (χ1) is 8.15. The smallest absolute Gasteiger partial charge is 0.166 e. The number of hydrogen-bond acceptors (Lipinski definition) is 4. The number of nitrogens with two attached hydrogens (primary N) is 1. The second kappa shape index (κ2) is 5.12. The highest BCUT2D eigenvalue weighted by molar-refractivity contribution is 6.30. The van der Waals surface area contributed by atoms with Crippen molar-refractivity contribution in [3.05, 3.63) is 22.7 Å². The standard InChI is InChI=1S/C12H16ClNO3/c1-16-11-5-7(13)4-9(10(14)6-15)12(11)17-8-2-3-8/h4-5,8,10,15H,2-3,6,14H2,1H3. The van der Waals surface area contributed by atoms with Crippen molar-refractivity contribution in [1.29, 1.82) is 0 Å². The number of benzene rings is 1. The fourth-order valence-electron chi connectivity index (χ4n) is 1.59. The normalized spacial score (nSPS) is 16.7. The van der Waals surface area contributed by atoms with Gasteiger partial charge in [0.2, 0.25) is 0 Å². The Hall–Kier alpha value is -0.970. The summed E-state index contributed by atoms with van der Waals surface area (Å²) >= 11 is 5.98. The van der Waals surface area contributed by atoms with Gasteiger partial charge in [0, 0.05) is 16.7 Å². The van der Waals surface area contributed by atoms with Crippen LogP contribution in [0.5, 0.6) is 11.5 Å². The number of hydrogen-bond donors (Lipinski definition) is 2. The van der Waals surface area contributed by atoms with E-state index in [0.29, 0.717) is 22.1 Å². The average molecular weight is 258 g/mol. The number of aliphatic hydroxyl groups is 1. The molecular weight excluding hydrogens is 242 g/mol. The maximum Gasteiger partial charge on any atom is 0.166 e. The summed E-state index contributed by atoms with van der Waals surface area (Å²) in [4.78, 5) is 0. The molecule has 0 aliphatic heterocycles. The van der Waals surface area contributed by atoms with E-state index in [9.17, 15) is 0 Å². The van der Waals surface area contributed by atoms with Crippen molar-refractivity contribution < 1.29 is 14.6 Å². The highest BCUT2D eigenvalue weighted by atomic mass is 35.5. The van der Waals surface area contributed by atoms with Gasteiger partial charge in [-0.2, -0.15) is 0 Å². The van der Waals surface area contributed by atoms with Crippen molar-refractivity contribution >= 4 is 11.6 Å². The fraction of sp³-hybridized carbons (Fsp3) is 0.500. The molecule has 1 aromatic rings. The van der Waals surface area contributed by atoms with Gasteiger partial charge in [-0.3, -0.25) is 0 Å². The Morgan fingerprint density at radius 2 is 2.24 bits per heavy atom. The number of rotatable bonds is 5. The third-order valence-electron chi connectivity index (χ3n) is 2.67. The number of halogens is 1. The molecule has 1 aliphatic carbocycles. The molecule has 5 heteroatoms. The number of ether oxygens (including phenoxy) is 2.